The van der Waals surface area contributed by atoms with Crippen LogP contribution in [-0.4, -0.2) is 43.7 Å². The molecule has 1 fully saturated rings. The van der Waals surface area contributed by atoms with Crippen LogP contribution in [0.3, 0.4) is 0 Å². The molecule has 1 aliphatic carbocycles. The average Bonchev–Trinajstić information content (AvgIpc) is 3.21. The van der Waals surface area contributed by atoms with E-state index in [1.165, 1.54) is 9.87 Å². The van der Waals surface area contributed by atoms with Crippen molar-refractivity contribution >= 4 is 27.5 Å². The second kappa shape index (κ2) is 8.69. The zero-order chi connectivity index (χ0) is 21.3. The number of hydrogen-bond acceptors (Lipinski definition) is 3. The first-order valence-corrected chi connectivity index (χ1v) is 12.3. The molecule has 160 valence electrons. The molecule has 1 heterocycles. The smallest absolute Gasteiger partial charge is 0.243 e. The van der Waals surface area contributed by atoms with Gasteiger partial charge in [0.15, 0.2) is 0 Å². The molecule has 4 rings (SSSR count). The number of aryl methyl sites for hydroxylation is 2. The van der Waals surface area contributed by atoms with Crippen LogP contribution >= 0.6 is 11.6 Å². The lowest BCUT2D eigenvalue weighted by Gasteiger charge is -2.32. The largest absolute Gasteiger partial charge is 0.341 e. The van der Waals surface area contributed by atoms with Crippen molar-refractivity contribution in [1.82, 2.24) is 9.21 Å². The van der Waals surface area contributed by atoms with E-state index in [9.17, 15) is 13.2 Å². The molecule has 1 aliphatic heterocycles. The minimum absolute atomic E-state index is 0.0598. The molecule has 0 bridgehead atoms. The van der Waals surface area contributed by atoms with Crippen molar-refractivity contribution in [2.45, 2.75) is 43.5 Å². The van der Waals surface area contributed by atoms with Crippen LogP contribution in [0.1, 0.15) is 36.0 Å². The Hall–Kier alpha value is -1.89. The van der Waals surface area contributed by atoms with Crippen molar-refractivity contribution < 1.29 is 13.2 Å². The summed E-state index contributed by atoms with van der Waals surface area (Å²) in [6, 6.07) is 13.0. The van der Waals surface area contributed by atoms with E-state index < -0.39 is 10.0 Å². The molecule has 0 N–H and O–H groups in total. The Morgan fingerprint density at radius 3 is 2.57 bits per heavy atom. The predicted molar refractivity (Wildman–Crippen MR) is 118 cm³/mol. The summed E-state index contributed by atoms with van der Waals surface area (Å²) in [6.07, 6.45) is 4.17. The topological polar surface area (TPSA) is 57.7 Å². The summed E-state index contributed by atoms with van der Waals surface area (Å²) in [5.41, 5.74) is 3.40. The molecule has 0 spiro atoms. The number of amides is 1. The highest BCUT2D eigenvalue weighted by molar-refractivity contribution is 7.89. The Labute approximate surface area is 183 Å². The summed E-state index contributed by atoms with van der Waals surface area (Å²) in [5, 5.41) is 0.651. The van der Waals surface area contributed by atoms with Crippen LogP contribution in [0.5, 0.6) is 0 Å². The number of fused-ring (bicyclic) bond motifs is 1. The van der Waals surface area contributed by atoms with Crippen LogP contribution in [-0.2, 0) is 34.2 Å². The van der Waals surface area contributed by atoms with E-state index in [1.54, 1.807) is 18.0 Å². The van der Waals surface area contributed by atoms with Crippen molar-refractivity contribution in [3.63, 3.8) is 0 Å². The lowest BCUT2D eigenvalue weighted by Crippen LogP contribution is -2.43. The van der Waals surface area contributed by atoms with Crippen molar-refractivity contribution in [3.05, 3.63) is 64.2 Å². The van der Waals surface area contributed by atoms with Crippen LogP contribution in [0, 0.1) is 5.92 Å². The highest BCUT2D eigenvalue weighted by Crippen LogP contribution is 2.29. The number of hydrogen-bond donors (Lipinski definition) is 0. The van der Waals surface area contributed by atoms with E-state index in [0.29, 0.717) is 42.4 Å². The molecule has 1 saturated heterocycles. The first-order valence-electron chi connectivity index (χ1n) is 10.5. The summed E-state index contributed by atoms with van der Waals surface area (Å²) in [5.74, 6) is -0.0924. The molecule has 30 heavy (non-hydrogen) atoms. The molecular weight excluding hydrogens is 420 g/mol. The van der Waals surface area contributed by atoms with Crippen LogP contribution in [0.15, 0.2) is 47.4 Å². The normalized spacial score (nSPS) is 17.7. The third-order valence-electron chi connectivity index (χ3n) is 6.20. The van der Waals surface area contributed by atoms with Crippen molar-refractivity contribution in [2.24, 2.45) is 5.92 Å². The third-order valence-corrected chi connectivity index (χ3v) is 8.33. The third kappa shape index (κ3) is 4.41. The number of carbonyl (C=O) groups excluding carboxylic acids is 1. The van der Waals surface area contributed by atoms with Crippen molar-refractivity contribution in [3.8, 4) is 0 Å². The van der Waals surface area contributed by atoms with Crippen LogP contribution < -0.4 is 0 Å². The summed E-state index contributed by atoms with van der Waals surface area (Å²) < 4.78 is 27.7. The molecular formula is C23H27ClN2O3S. The number of piperidine rings is 1. The maximum Gasteiger partial charge on any atom is 0.243 e. The molecule has 0 saturated carbocycles. The SMILES string of the molecule is CN(Cc1cccc(Cl)c1)C(=O)C1CCN(S(=O)(=O)c2ccc3c(c2)CCC3)CC1. The Bertz CT molecular complexity index is 1050. The summed E-state index contributed by atoms with van der Waals surface area (Å²) in [6.45, 7) is 1.24. The monoisotopic (exact) mass is 446 g/mol. The Morgan fingerprint density at radius 2 is 1.83 bits per heavy atom. The van der Waals surface area contributed by atoms with Crippen LogP contribution in [0.4, 0.5) is 0 Å². The minimum atomic E-state index is -3.51. The van der Waals surface area contributed by atoms with Crippen LogP contribution in [0.25, 0.3) is 0 Å². The molecule has 7 heteroatoms. The molecule has 2 aromatic carbocycles. The maximum absolute atomic E-state index is 13.1. The zero-order valence-electron chi connectivity index (χ0n) is 17.2. The van der Waals surface area contributed by atoms with Gasteiger partial charge in [0.2, 0.25) is 15.9 Å². The molecule has 0 radical (unpaired) electrons. The van der Waals surface area contributed by atoms with E-state index in [1.807, 2.05) is 36.4 Å². The summed E-state index contributed by atoms with van der Waals surface area (Å²) in [7, 11) is -1.72. The van der Waals surface area contributed by atoms with Gasteiger partial charge in [-0.15, -0.1) is 0 Å². The molecule has 0 unspecified atom stereocenters. The van der Waals surface area contributed by atoms with E-state index >= 15 is 0 Å². The molecule has 0 aromatic heterocycles. The van der Waals surface area contributed by atoms with E-state index in [4.69, 9.17) is 11.6 Å². The van der Waals surface area contributed by atoms with Gasteiger partial charge in [0.05, 0.1) is 4.90 Å². The van der Waals surface area contributed by atoms with Gasteiger partial charge >= 0.3 is 0 Å². The highest BCUT2D eigenvalue weighted by Gasteiger charge is 2.33. The fourth-order valence-corrected chi connectivity index (χ4v) is 6.23. The number of halogens is 1. The fourth-order valence-electron chi connectivity index (χ4n) is 4.50. The number of rotatable bonds is 5. The fraction of sp³-hybridized carbons (Fsp3) is 0.435. The Morgan fingerprint density at radius 1 is 1.10 bits per heavy atom. The molecule has 1 amide bonds. The van der Waals surface area contributed by atoms with Gasteiger partial charge in [-0.2, -0.15) is 4.31 Å². The molecule has 0 atom stereocenters. The number of sulfonamides is 1. The number of nitrogens with zero attached hydrogens (tertiary/aromatic N) is 2. The van der Waals surface area contributed by atoms with Gasteiger partial charge in [-0.25, -0.2) is 8.42 Å². The standard InChI is InChI=1S/C23H27ClN2O3S/c1-25(16-17-4-2-7-21(24)14-17)23(27)19-10-12-26(13-11-19)30(28,29)22-9-8-18-5-3-6-20(18)15-22/h2,4,7-9,14-15,19H,3,5-6,10-13,16H2,1H3. The maximum atomic E-state index is 13.1. The first kappa shape index (κ1) is 21.3. The van der Waals surface area contributed by atoms with Gasteiger partial charge in [-0.1, -0.05) is 29.8 Å². The highest BCUT2D eigenvalue weighted by atomic mass is 35.5. The van der Waals surface area contributed by atoms with Gasteiger partial charge in [0.1, 0.15) is 0 Å². The lowest BCUT2D eigenvalue weighted by atomic mass is 9.96. The second-order valence-electron chi connectivity index (χ2n) is 8.29. The number of benzene rings is 2. The lowest BCUT2D eigenvalue weighted by molar-refractivity contribution is -0.135. The van der Waals surface area contributed by atoms with Gasteiger partial charge < -0.3 is 4.90 Å². The van der Waals surface area contributed by atoms with Gasteiger partial charge in [0, 0.05) is 37.6 Å². The zero-order valence-corrected chi connectivity index (χ0v) is 18.8. The molecule has 5 nitrogen and oxygen atoms in total. The summed E-state index contributed by atoms with van der Waals surface area (Å²) >= 11 is 6.03. The quantitative estimate of drug-likeness (QED) is 0.700. The minimum Gasteiger partial charge on any atom is -0.341 e. The Kier molecular flexibility index (Phi) is 6.19. The van der Waals surface area contributed by atoms with Crippen molar-refractivity contribution in [1.29, 1.82) is 0 Å². The average molecular weight is 447 g/mol. The predicted octanol–water partition coefficient (Wildman–Crippen LogP) is 3.89. The molecule has 2 aliphatic rings. The molecule has 2 aromatic rings. The van der Waals surface area contributed by atoms with E-state index in [2.05, 4.69) is 0 Å². The van der Waals surface area contributed by atoms with Crippen LogP contribution in [0.2, 0.25) is 5.02 Å². The Balaban J connectivity index is 1.37. The van der Waals surface area contributed by atoms with E-state index in [-0.39, 0.29) is 11.8 Å². The number of carbonyl (C=O) groups is 1. The first-order chi connectivity index (χ1) is 14.3. The van der Waals surface area contributed by atoms with E-state index in [0.717, 1.165) is 30.4 Å². The van der Waals surface area contributed by atoms with Crippen molar-refractivity contribution in [2.75, 3.05) is 20.1 Å². The second-order valence-corrected chi connectivity index (χ2v) is 10.7. The summed E-state index contributed by atoms with van der Waals surface area (Å²) in [4.78, 5) is 15.0. The van der Waals surface area contributed by atoms with Gasteiger partial charge in [-0.3, -0.25) is 4.79 Å². The van der Waals surface area contributed by atoms with Gasteiger partial charge in [-0.05, 0) is 73.1 Å². The van der Waals surface area contributed by atoms with Gasteiger partial charge in [0.25, 0.3) is 0 Å².